The van der Waals surface area contributed by atoms with Crippen molar-refractivity contribution in [2.24, 2.45) is 0 Å². The molecule has 150 valence electrons. The van der Waals surface area contributed by atoms with Crippen molar-refractivity contribution in [3.63, 3.8) is 0 Å². The highest BCUT2D eigenvalue weighted by atomic mass is 79.9. The van der Waals surface area contributed by atoms with Gasteiger partial charge >= 0.3 is 0 Å². The zero-order chi connectivity index (χ0) is 19.3. The monoisotopic (exact) mass is 433 g/mol. The molecule has 27 heavy (non-hydrogen) atoms. The number of ether oxygens (including phenoxy) is 1. The minimum absolute atomic E-state index is 0.825. The number of hydrogen-bond donors (Lipinski definition) is 0. The largest absolute Gasteiger partial charge is 0.494 e. The van der Waals surface area contributed by atoms with Gasteiger partial charge in [-0.25, -0.2) is 0 Å². The van der Waals surface area contributed by atoms with E-state index >= 15 is 0 Å². The number of unbranched alkanes of at least 4 members (excludes halogenated alkanes) is 7. The van der Waals surface area contributed by atoms with E-state index in [1.807, 2.05) is 0 Å². The van der Waals surface area contributed by atoms with Gasteiger partial charge in [-0.3, -0.25) is 0 Å². The number of fused-ring (bicyclic) bond motifs is 1. The topological polar surface area (TPSA) is 12.5 Å². The molecule has 0 amide bonds. The van der Waals surface area contributed by atoms with Gasteiger partial charge in [0.1, 0.15) is 5.75 Å². The van der Waals surface area contributed by atoms with Gasteiger partial charge in [0.2, 0.25) is 0 Å². The molecular weight excluding hydrogens is 398 g/mol. The Morgan fingerprint density at radius 3 is 2.04 bits per heavy atom. The minimum atomic E-state index is 0.825. The molecule has 0 N–H and O–H groups in total. The van der Waals surface area contributed by atoms with Crippen molar-refractivity contribution in [1.29, 1.82) is 0 Å². The maximum absolute atomic E-state index is 5.93. The molecule has 0 saturated heterocycles. The summed E-state index contributed by atoms with van der Waals surface area (Å²) in [6.07, 6.45) is 10.7. The third kappa shape index (κ3) is 8.66. The predicted octanol–water partition coefficient (Wildman–Crippen LogP) is 7.44. The molecule has 0 unspecified atom stereocenters. The third-order valence-corrected chi connectivity index (χ3v) is 5.80. The third-order valence-electron chi connectivity index (χ3n) is 5.31. The van der Waals surface area contributed by atoms with Gasteiger partial charge in [-0.1, -0.05) is 80.4 Å². The van der Waals surface area contributed by atoms with Crippen molar-refractivity contribution in [3.8, 4) is 5.75 Å². The lowest BCUT2D eigenvalue weighted by Crippen LogP contribution is -2.23. The normalized spacial score (nSPS) is 11.4. The average Bonchev–Trinajstić information content (AvgIpc) is 2.69. The van der Waals surface area contributed by atoms with Crippen LogP contribution < -0.4 is 4.74 Å². The van der Waals surface area contributed by atoms with Gasteiger partial charge in [0, 0.05) is 4.47 Å². The van der Waals surface area contributed by atoms with E-state index in [4.69, 9.17) is 4.74 Å². The molecule has 0 fully saturated rings. The molecule has 0 atom stereocenters. The summed E-state index contributed by atoms with van der Waals surface area (Å²) >= 11 is 3.52. The van der Waals surface area contributed by atoms with Crippen LogP contribution in [0, 0.1) is 0 Å². The number of halogens is 1. The lowest BCUT2D eigenvalue weighted by Gasteiger charge is -2.17. The fourth-order valence-electron chi connectivity index (χ4n) is 3.51. The zero-order valence-corrected chi connectivity index (χ0v) is 18.8. The van der Waals surface area contributed by atoms with Crippen molar-refractivity contribution in [2.75, 3.05) is 26.2 Å². The zero-order valence-electron chi connectivity index (χ0n) is 17.2. The van der Waals surface area contributed by atoms with Crippen LogP contribution in [0.2, 0.25) is 0 Å². The summed E-state index contributed by atoms with van der Waals surface area (Å²) < 4.78 is 7.05. The summed E-state index contributed by atoms with van der Waals surface area (Å²) in [5.41, 5.74) is 0. The van der Waals surface area contributed by atoms with Crippen molar-refractivity contribution in [3.05, 3.63) is 40.9 Å². The first-order valence-corrected chi connectivity index (χ1v) is 11.6. The first-order valence-electron chi connectivity index (χ1n) is 10.8. The van der Waals surface area contributed by atoms with Crippen molar-refractivity contribution < 1.29 is 4.74 Å². The lowest BCUT2D eigenvalue weighted by molar-refractivity contribution is 0.294. The Bertz CT molecular complexity index is 654. The summed E-state index contributed by atoms with van der Waals surface area (Å²) in [4.78, 5) is 2.52. The molecular formula is C24H36BrNO. The summed E-state index contributed by atoms with van der Waals surface area (Å²) in [5.74, 6) is 0.984. The molecule has 0 bridgehead atoms. The molecule has 2 aromatic carbocycles. The Hall–Kier alpha value is -1.06. The molecule has 2 nitrogen and oxygen atoms in total. The molecule has 0 aliphatic heterocycles. The van der Waals surface area contributed by atoms with Gasteiger partial charge in [-0.15, -0.1) is 0 Å². The van der Waals surface area contributed by atoms with Crippen LogP contribution in [0.4, 0.5) is 0 Å². The second-order valence-electron chi connectivity index (χ2n) is 7.36. The number of hydrogen-bond acceptors (Lipinski definition) is 2. The highest BCUT2D eigenvalue weighted by Crippen LogP contribution is 2.24. The lowest BCUT2D eigenvalue weighted by atomic mass is 10.1. The van der Waals surface area contributed by atoms with Gasteiger partial charge in [0.15, 0.2) is 0 Å². The van der Waals surface area contributed by atoms with Crippen molar-refractivity contribution in [2.45, 2.75) is 65.2 Å². The van der Waals surface area contributed by atoms with Crippen LogP contribution in [0.5, 0.6) is 5.75 Å². The number of benzene rings is 2. The Balaban J connectivity index is 1.47. The Kier molecular flexibility index (Phi) is 10.8. The summed E-state index contributed by atoms with van der Waals surface area (Å²) in [6, 6.07) is 12.7. The Morgan fingerprint density at radius 2 is 1.33 bits per heavy atom. The number of nitrogens with zero attached hydrogens (tertiary/aromatic N) is 1. The van der Waals surface area contributed by atoms with E-state index < -0.39 is 0 Å². The van der Waals surface area contributed by atoms with Crippen LogP contribution >= 0.6 is 15.9 Å². The standard InChI is InChI=1S/C24H36BrNO/c1-3-26(4-2)17-11-9-7-5-6-8-10-12-18-27-24-16-14-21-19-23(25)15-13-22(21)20-24/h13-16,19-20H,3-12,17-18H2,1-2H3. The molecule has 3 heteroatoms. The Morgan fingerprint density at radius 1 is 0.741 bits per heavy atom. The van der Waals surface area contributed by atoms with E-state index in [0.29, 0.717) is 0 Å². The molecule has 0 saturated carbocycles. The van der Waals surface area contributed by atoms with E-state index in [1.54, 1.807) is 0 Å². The van der Waals surface area contributed by atoms with E-state index in [0.717, 1.165) is 23.2 Å². The van der Waals surface area contributed by atoms with E-state index in [1.165, 1.54) is 75.4 Å². The van der Waals surface area contributed by atoms with Gasteiger partial charge in [-0.2, -0.15) is 0 Å². The van der Waals surface area contributed by atoms with Crippen molar-refractivity contribution in [1.82, 2.24) is 4.90 Å². The van der Waals surface area contributed by atoms with Crippen LogP contribution in [0.1, 0.15) is 65.2 Å². The van der Waals surface area contributed by atoms with Crippen LogP contribution in [0.25, 0.3) is 10.8 Å². The highest BCUT2D eigenvalue weighted by molar-refractivity contribution is 9.10. The molecule has 0 heterocycles. The second kappa shape index (κ2) is 13.2. The Labute approximate surface area is 174 Å². The fraction of sp³-hybridized carbons (Fsp3) is 0.583. The van der Waals surface area contributed by atoms with E-state index in [2.05, 4.69) is 71.1 Å². The summed E-state index contributed by atoms with van der Waals surface area (Å²) in [6.45, 7) is 8.99. The summed E-state index contributed by atoms with van der Waals surface area (Å²) in [7, 11) is 0. The maximum atomic E-state index is 5.93. The first kappa shape index (κ1) is 22.2. The van der Waals surface area contributed by atoms with E-state index in [9.17, 15) is 0 Å². The molecule has 0 aliphatic carbocycles. The molecule has 0 aliphatic rings. The molecule has 2 aromatic rings. The molecule has 0 spiro atoms. The summed E-state index contributed by atoms with van der Waals surface area (Å²) in [5, 5.41) is 2.48. The van der Waals surface area contributed by atoms with Crippen LogP contribution in [-0.4, -0.2) is 31.1 Å². The highest BCUT2D eigenvalue weighted by Gasteiger charge is 2.00. The minimum Gasteiger partial charge on any atom is -0.494 e. The first-order chi connectivity index (χ1) is 13.2. The van der Waals surface area contributed by atoms with Gasteiger partial charge < -0.3 is 9.64 Å². The van der Waals surface area contributed by atoms with Crippen LogP contribution in [0.3, 0.4) is 0 Å². The predicted molar refractivity (Wildman–Crippen MR) is 122 cm³/mol. The molecule has 2 rings (SSSR count). The van der Waals surface area contributed by atoms with Crippen LogP contribution in [-0.2, 0) is 0 Å². The maximum Gasteiger partial charge on any atom is 0.119 e. The smallest absolute Gasteiger partial charge is 0.119 e. The fourth-order valence-corrected chi connectivity index (χ4v) is 3.89. The molecule has 0 radical (unpaired) electrons. The van der Waals surface area contributed by atoms with Crippen LogP contribution in [0.15, 0.2) is 40.9 Å². The molecule has 0 aromatic heterocycles. The quantitative estimate of drug-likeness (QED) is 0.287. The SMILES string of the molecule is CCN(CC)CCCCCCCCCCOc1ccc2cc(Br)ccc2c1. The van der Waals surface area contributed by atoms with Gasteiger partial charge in [-0.05, 0) is 67.5 Å². The second-order valence-corrected chi connectivity index (χ2v) is 8.27. The number of rotatable bonds is 14. The average molecular weight is 434 g/mol. The van der Waals surface area contributed by atoms with Crippen molar-refractivity contribution >= 4 is 26.7 Å². The van der Waals surface area contributed by atoms with Gasteiger partial charge in [0.05, 0.1) is 6.61 Å². The van der Waals surface area contributed by atoms with E-state index in [-0.39, 0.29) is 0 Å². The van der Waals surface area contributed by atoms with Gasteiger partial charge in [0.25, 0.3) is 0 Å².